The van der Waals surface area contributed by atoms with E-state index < -0.39 is 0 Å². The van der Waals surface area contributed by atoms with Crippen molar-refractivity contribution in [2.24, 2.45) is 5.73 Å². The Hall–Kier alpha value is -1.35. The van der Waals surface area contributed by atoms with Crippen LogP contribution in [-0.2, 0) is 0 Å². The number of carbonyl (C=O) groups excluding carboxylic acids is 1. The lowest BCUT2D eigenvalue weighted by atomic mass is 9.96. The number of hydrogen-bond donors (Lipinski definition) is 1. The third-order valence-corrected chi connectivity index (χ3v) is 2.68. The maximum Gasteiger partial charge on any atom is 0.164 e. The van der Waals surface area contributed by atoms with Gasteiger partial charge in [0.05, 0.1) is 7.11 Å². The average molecular weight is 235 g/mol. The number of methoxy groups -OCH3 is 1. The summed E-state index contributed by atoms with van der Waals surface area (Å²) in [4.78, 5) is 11.9. The van der Waals surface area contributed by atoms with E-state index in [9.17, 15) is 4.79 Å². The minimum Gasteiger partial charge on any atom is -0.496 e. The molecule has 1 rings (SSSR count). The molecule has 0 saturated carbocycles. The van der Waals surface area contributed by atoms with Gasteiger partial charge in [-0.05, 0) is 36.6 Å². The van der Waals surface area contributed by atoms with Gasteiger partial charge in [-0.2, -0.15) is 0 Å². The van der Waals surface area contributed by atoms with E-state index in [4.69, 9.17) is 10.5 Å². The van der Waals surface area contributed by atoms with Gasteiger partial charge in [0.25, 0.3) is 0 Å². The Morgan fingerprint density at radius 2 is 2.00 bits per heavy atom. The first-order valence-corrected chi connectivity index (χ1v) is 5.92. The molecule has 1 atom stereocenters. The van der Waals surface area contributed by atoms with Gasteiger partial charge in [-0.25, -0.2) is 0 Å². The Balaban J connectivity index is 3.03. The van der Waals surface area contributed by atoms with Crippen LogP contribution in [0.25, 0.3) is 0 Å². The predicted molar refractivity (Wildman–Crippen MR) is 69.7 cm³/mol. The fourth-order valence-electron chi connectivity index (χ4n) is 1.77. The number of carbonyl (C=O) groups is 1. The van der Waals surface area contributed by atoms with Crippen molar-refractivity contribution in [3.05, 3.63) is 29.3 Å². The van der Waals surface area contributed by atoms with E-state index in [1.807, 2.05) is 19.1 Å². The van der Waals surface area contributed by atoms with E-state index in [2.05, 4.69) is 13.8 Å². The summed E-state index contributed by atoms with van der Waals surface area (Å²) in [7, 11) is 1.64. The molecule has 94 valence electrons. The van der Waals surface area contributed by atoms with Crippen LogP contribution >= 0.6 is 0 Å². The number of Topliss-reactive ketones (excluding diaryl/α,β-unsaturated/α-hetero) is 1. The molecule has 2 N–H and O–H groups in total. The molecule has 0 spiro atoms. The molecular weight excluding hydrogens is 214 g/mol. The second-order valence-electron chi connectivity index (χ2n) is 4.72. The average Bonchev–Trinajstić information content (AvgIpc) is 2.27. The van der Waals surface area contributed by atoms with Crippen molar-refractivity contribution in [3.8, 4) is 5.75 Å². The van der Waals surface area contributed by atoms with E-state index in [1.165, 1.54) is 0 Å². The third-order valence-electron chi connectivity index (χ3n) is 2.68. The molecule has 3 heteroatoms. The summed E-state index contributed by atoms with van der Waals surface area (Å²) in [6.07, 6.45) is 0.379. The standard InChI is InChI=1S/C14H21NO2/c1-9(2)12-8-11(5-6-14(12)17-4)13(16)7-10(3)15/h5-6,8-10H,7,15H2,1-4H3. The Kier molecular flexibility index (Phi) is 4.70. The minimum atomic E-state index is -0.105. The van der Waals surface area contributed by atoms with E-state index in [-0.39, 0.29) is 11.8 Å². The second kappa shape index (κ2) is 5.82. The molecule has 0 amide bonds. The zero-order valence-corrected chi connectivity index (χ0v) is 11.0. The number of nitrogens with two attached hydrogens (primary N) is 1. The van der Waals surface area contributed by atoms with Gasteiger partial charge in [0.1, 0.15) is 5.75 Å². The summed E-state index contributed by atoms with van der Waals surface area (Å²) in [5, 5.41) is 0. The van der Waals surface area contributed by atoms with Gasteiger partial charge < -0.3 is 10.5 Å². The minimum absolute atomic E-state index is 0.0875. The molecule has 0 aliphatic carbocycles. The molecule has 0 heterocycles. The number of hydrogen-bond acceptors (Lipinski definition) is 3. The Morgan fingerprint density at radius 1 is 1.35 bits per heavy atom. The Labute approximate surface area is 103 Å². The van der Waals surface area contributed by atoms with Crippen LogP contribution in [0, 0.1) is 0 Å². The lowest BCUT2D eigenvalue weighted by Crippen LogP contribution is -2.19. The van der Waals surface area contributed by atoms with Crippen molar-refractivity contribution in [2.45, 2.75) is 39.2 Å². The van der Waals surface area contributed by atoms with Gasteiger partial charge in [0.15, 0.2) is 5.78 Å². The van der Waals surface area contributed by atoms with Crippen molar-refractivity contribution in [1.82, 2.24) is 0 Å². The molecule has 0 aromatic heterocycles. The molecule has 0 fully saturated rings. The van der Waals surface area contributed by atoms with Crippen LogP contribution in [0.3, 0.4) is 0 Å². The molecule has 0 bridgehead atoms. The summed E-state index contributed by atoms with van der Waals surface area (Å²) >= 11 is 0. The highest BCUT2D eigenvalue weighted by Crippen LogP contribution is 2.27. The molecule has 0 aliphatic rings. The second-order valence-corrected chi connectivity index (χ2v) is 4.72. The molecule has 1 aromatic rings. The SMILES string of the molecule is COc1ccc(C(=O)CC(C)N)cc1C(C)C. The first-order valence-electron chi connectivity index (χ1n) is 5.92. The van der Waals surface area contributed by atoms with E-state index in [0.717, 1.165) is 11.3 Å². The smallest absolute Gasteiger partial charge is 0.164 e. The quantitative estimate of drug-likeness (QED) is 0.798. The van der Waals surface area contributed by atoms with Crippen molar-refractivity contribution >= 4 is 5.78 Å². The highest BCUT2D eigenvalue weighted by Gasteiger charge is 2.13. The lowest BCUT2D eigenvalue weighted by Gasteiger charge is -2.13. The zero-order chi connectivity index (χ0) is 13.0. The van der Waals surface area contributed by atoms with Gasteiger partial charge in [0, 0.05) is 18.0 Å². The highest BCUT2D eigenvalue weighted by atomic mass is 16.5. The summed E-state index contributed by atoms with van der Waals surface area (Å²) < 4.78 is 5.29. The maximum atomic E-state index is 11.9. The molecule has 0 radical (unpaired) electrons. The van der Waals surface area contributed by atoms with Crippen LogP contribution in [0.15, 0.2) is 18.2 Å². The number of ketones is 1. The number of rotatable bonds is 5. The highest BCUT2D eigenvalue weighted by molar-refractivity contribution is 5.96. The maximum absolute atomic E-state index is 11.9. The van der Waals surface area contributed by atoms with Crippen LogP contribution in [0.2, 0.25) is 0 Å². The van der Waals surface area contributed by atoms with Gasteiger partial charge >= 0.3 is 0 Å². The monoisotopic (exact) mass is 235 g/mol. The van der Waals surface area contributed by atoms with Gasteiger partial charge in [-0.15, -0.1) is 0 Å². The first-order chi connectivity index (χ1) is 7.95. The van der Waals surface area contributed by atoms with Crippen LogP contribution < -0.4 is 10.5 Å². The van der Waals surface area contributed by atoms with E-state index >= 15 is 0 Å². The zero-order valence-electron chi connectivity index (χ0n) is 11.0. The summed E-state index contributed by atoms with van der Waals surface area (Å²) in [6.45, 7) is 6.00. The largest absolute Gasteiger partial charge is 0.496 e. The molecule has 0 aliphatic heterocycles. The first kappa shape index (κ1) is 13.7. The summed E-state index contributed by atoms with van der Waals surface area (Å²) in [5.41, 5.74) is 7.41. The van der Waals surface area contributed by atoms with Crippen molar-refractivity contribution in [3.63, 3.8) is 0 Å². The van der Waals surface area contributed by atoms with Crippen molar-refractivity contribution < 1.29 is 9.53 Å². The normalized spacial score (nSPS) is 12.6. The van der Waals surface area contributed by atoms with Crippen LogP contribution in [0.4, 0.5) is 0 Å². The van der Waals surface area contributed by atoms with E-state index in [0.29, 0.717) is 17.9 Å². The molecule has 1 unspecified atom stereocenters. The molecule has 3 nitrogen and oxygen atoms in total. The van der Waals surface area contributed by atoms with Gasteiger partial charge in [0.2, 0.25) is 0 Å². The summed E-state index contributed by atoms with van der Waals surface area (Å²) in [6, 6.07) is 5.46. The van der Waals surface area contributed by atoms with Crippen LogP contribution in [0.5, 0.6) is 5.75 Å². The van der Waals surface area contributed by atoms with Crippen molar-refractivity contribution in [2.75, 3.05) is 7.11 Å². The van der Waals surface area contributed by atoms with Crippen LogP contribution in [0.1, 0.15) is 49.0 Å². The van der Waals surface area contributed by atoms with E-state index in [1.54, 1.807) is 13.2 Å². The summed E-state index contributed by atoms with van der Waals surface area (Å²) in [5.74, 6) is 1.25. The molecule has 1 aromatic carbocycles. The van der Waals surface area contributed by atoms with Gasteiger partial charge in [-0.1, -0.05) is 13.8 Å². The third kappa shape index (κ3) is 3.56. The number of benzene rings is 1. The van der Waals surface area contributed by atoms with Gasteiger partial charge in [-0.3, -0.25) is 4.79 Å². The molecular formula is C14H21NO2. The number of ether oxygens (including phenoxy) is 1. The Bertz CT molecular complexity index is 397. The fourth-order valence-corrected chi connectivity index (χ4v) is 1.77. The molecule has 0 saturated heterocycles. The fraction of sp³-hybridized carbons (Fsp3) is 0.500. The van der Waals surface area contributed by atoms with Crippen molar-refractivity contribution in [1.29, 1.82) is 0 Å². The predicted octanol–water partition coefficient (Wildman–Crippen LogP) is 2.74. The van der Waals surface area contributed by atoms with Crippen LogP contribution in [-0.4, -0.2) is 18.9 Å². The topological polar surface area (TPSA) is 52.3 Å². The molecule has 17 heavy (non-hydrogen) atoms. The lowest BCUT2D eigenvalue weighted by molar-refractivity contribution is 0.0976. The Morgan fingerprint density at radius 3 is 2.47 bits per heavy atom.